The number of benzene rings is 1. The highest BCUT2D eigenvalue weighted by Crippen LogP contribution is 2.29. The summed E-state index contributed by atoms with van der Waals surface area (Å²) in [6.07, 6.45) is 2.16. The van der Waals surface area contributed by atoms with Crippen LogP contribution in [0.1, 0.15) is 23.2 Å². The van der Waals surface area contributed by atoms with Gasteiger partial charge < -0.3 is 15.0 Å². The average molecular weight is 379 g/mol. The number of ether oxygens (including phenoxy) is 1. The fraction of sp³-hybridized carbons (Fsp3) is 0.611. The predicted molar refractivity (Wildman–Crippen MR) is 96.4 cm³/mol. The molecule has 0 aromatic heterocycles. The minimum atomic E-state index is -3.59. The summed E-state index contributed by atoms with van der Waals surface area (Å²) in [4.78, 5) is 14.6. The third-order valence-electron chi connectivity index (χ3n) is 5.58. The Bertz CT molecular complexity index is 762. The van der Waals surface area contributed by atoms with Crippen LogP contribution in [0.15, 0.2) is 29.2 Å². The molecular weight excluding hydrogens is 354 g/mol. The van der Waals surface area contributed by atoms with Gasteiger partial charge in [0.2, 0.25) is 10.0 Å². The van der Waals surface area contributed by atoms with E-state index in [0.29, 0.717) is 50.9 Å². The van der Waals surface area contributed by atoms with E-state index in [1.165, 1.54) is 6.07 Å². The van der Waals surface area contributed by atoms with E-state index in [1.807, 2.05) is 0 Å². The van der Waals surface area contributed by atoms with Gasteiger partial charge in [-0.05, 0) is 43.5 Å². The SMILES string of the molecule is O=C(c1cccc(S(=O)(=O)N2C[C@@H]3CCCN[C@@H]3C2)c1)N1CCOCC1. The number of nitrogens with zero attached hydrogens (tertiary/aromatic N) is 2. The van der Waals surface area contributed by atoms with Crippen molar-refractivity contribution in [2.24, 2.45) is 5.92 Å². The Kier molecular flexibility index (Phi) is 5.00. The smallest absolute Gasteiger partial charge is 0.254 e. The van der Waals surface area contributed by atoms with E-state index in [2.05, 4.69) is 5.32 Å². The minimum Gasteiger partial charge on any atom is -0.378 e. The molecule has 0 bridgehead atoms. The first-order valence-corrected chi connectivity index (χ1v) is 10.7. The van der Waals surface area contributed by atoms with Crippen LogP contribution in [0.5, 0.6) is 0 Å². The van der Waals surface area contributed by atoms with Gasteiger partial charge in [0.1, 0.15) is 0 Å². The van der Waals surface area contributed by atoms with E-state index in [0.717, 1.165) is 19.4 Å². The summed E-state index contributed by atoms with van der Waals surface area (Å²) >= 11 is 0. The number of fused-ring (bicyclic) bond motifs is 1. The molecule has 1 aromatic rings. The molecule has 3 aliphatic rings. The zero-order chi connectivity index (χ0) is 18.1. The van der Waals surface area contributed by atoms with Crippen molar-refractivity contribution in [3.63, 3.8) is 0 Å². The quantitative estimate of drug-likeness (QED) is 0.829. The van der Waals surface area contributed by atoms with Crippen LogP contribution in [0, 0.1) is 5.92 Å². The summed E-state index contributed by atoms with van der Waals surface area (Å²) in [5.74, 6) is 0.249. The molecule has 3 fully saturated rings. The normalized spacial score (nSPS) is 27.3. The van der Waals surface area contributed by atoms with Gasteiger partial charge in [-0.1, -0.05) is 6.07 Å². The van der Waals surface area contributed by atoms with Crippen molar-refractivity contribution in [1.29, 1.82) is 0 Å². The third-order valence-corrected chi connectivity index (χ3v) is 7.41. The second kappa shape index (κ2) is 7.26. The Morgan fingerprint density at radius 3 is 2.77 bits per heavy atom. The molecule has 0 spiro atoms. The summed E-state index contributed by atoms with van der Waals surface area (Å²) in [5.41, 5.74) is 0.419. The molecule has 1 amide bonds. The van der Waals surface area contributed by atoms with Gasteiger partial charge in [0.05, 0.1) is 18.1 Å². The number of hydrogen-bond acceptors (Lipinski definition) is 5. The molecule has 26 heavy (non-hydrogen) atoms. The van der Waals surface area contributed by atoms with Crippen LogP contribution in [0.2, 0.25) is 0 Å². The van der Waals surface area contributed by atoms with Crippen LogP contribution in [-0.2, 0) is 14.8 Å². The molecular formula is C18H25N3O4S. The molecule has 0 radical (unpaired) electrons. The van der Waals surface area contributed by atoms with Crippen LogP contribution < -0.4 is 5.32 Å². The summed E-state index contributed by atoms with van der Waals surface area (Å²) in [6.45, 7) is 4.14. The van der Waals surface area contributed by atoms with Gasteiger partial charge in [-0.3, -0.25) is 4.79 Å². The van der Waals surface area contributed by atoms with Crippen molar-refractivity contribution < 1.29 is 17.9 Å². The number of piperidine rings is 1. The van der Waals surface area contributed by atoms with Crippen LogP contribution >= 0.6 is 0 Å². The molecule has 3 heterocycles. The molecule has 2 atom stereocenters. The topological polar surface area (TPSA) is 79.0 Å². The summed E-state index contributed by atoms with van der Waals surface area (Å²) in [5, 5.41) is 3.43. The standard InChI is InChI=1S/C18H25N3O4S/c22-18(20-7-9-25-10-8-20)14-3-1-5-16(11-14)26(23,24)21-12-15-4-2-6-19-17(15)13-21/h1,3,5,11,15,17,19H,2,4,6-10,12-13H2/t15-,17+/m0/s1. The maximum atomic E-state index is 13.1. The number of carbonyl (C=O) groups is 1. The molecule has 0 saturated carbocycles. The fourth-order valence-electron chi connectivity index (χ4n) is 4.09. The van der Waals surface area contributed by atoms with E-state index >= 15 is 0 Å². The van der Waals surface area contributed by atoms with E-state index in [1.54, 1.807) is 27.4 Å². The van der Waals surface area contributed by atoms with Gasteiger partial charge >= 0.3 is 0 Å². The number of carbonyl (C=O) groups excluding carboxylic acids is 1. The average Bonchev–Trinajstić information content (AvgIpc) is 3.13. The number of nitrogens with one attached hydrogen (secondary N) is 1. The molecule has 7 nitrogen and oxygen atoms in total. The molecule has 0 unspecified atom stereocenters. The molecule has 4 rings (SSSR count). The monoisotopic (exact) mass is 379 g/mol. The van der Waals surface area contributed by atoms with E-state index < -0.39 is 10.0 Å². The lowest BCUT2D eigenvalue weighted by atomic mass is 9.94. The second-order valence-electron chi connectivity index (χ2n) is 7.22. The molecule has 3 aliphatic heterocycles. The molecule has 142 valence electrons. The van der Waals surface area contributed by atoms with Crippen LogP contribution in [0.25, 0.3) is 0 Å². The van der Waals surface area contributed by atoms with Crippen molar-refractivity contribution in [2.75, 3.05) is 45.9 Å². The molecule has 8 heteroatoms. The summed E-state index contributed by atoms with van der Waals surface area (Å²) in [6, 6.07) is 6.68. The van der Waals surface area contributed by atoms with Crippen molar-refractivity contribution >= 4 is 15.9 Å². The van der Waals surface area contributed by atoms with Crippen LogP contribution in [0.4, 0.5) is 0 Å². The summed E-state index contributed by atoms with van der Waals surface area (Å²) in [7, 11) is -3.59. The van der Waals surface area contributed by atoms with E-state index in [-0.39, 0.29) is 16.8 Å². The predicted octanol–water partition coefficient (Wildman–Crippen LogP) is 0.532. The van der Waals surface area contributed by atoms with Crippen LogP contribution in [0.3, 0.4) is 0 Å². The first kappa shape index (κ1) is 17.9. The Balaban J connectivity index is 1.54. The Labute approximate surface area is 154 Å². The lowest BCUT2D eigenvalue weighted by Crippen LogP contribution is -2.41. The largest absolute Gasteiger partial charge is 0.378 e. The first-order valence-electron chi connectivity index (χ1n) is 9.26. The van der Waals surface area contributed by atoms with Gasteiger partial charge in [-0.2, -0.15) is 4.31 Å². The van der Waals surface area contributed by atoms with Crippen molar-refractivity contribution in [2.45, 2.75) is 23.8 Å². The molecule has 0 aliphatic carbocycles. The second-order valence-corrected chi connectivity index (χ2v) is 9.16. The fourth-order valence-corrected chi connectivity index (χ4v) is 5.66. The number of hydrogen-bond donors (Lipinski definition) is 1. The Morgan fingerprint density at radius 1 is 1.19 bits per heavy atom. The maximum absolute atomic E-state index is 13.1. The van der Waals surface area contributed by atoms with Crippen LogP contribution in [-0.4, -0.2) is 75.5 Å². The molecule has 3 saturated heterocycles. The third kappa shape index (κ3) is 3.38. The number of sulfonamides is 1. The maximum Gasteiger partial charge on any atom is 0.254 e. The number of morpholine rings is 1. The zero-order valence-electron chi connectivity index (χ0n) is 14.8. The highest BCUT2D eigenvalue weighted by atomic mass is 32.2. The molecule has 1 aromatic carbocycles. The zero-order valence-corrected chi connectivity index (χ0v) is 15.6. The van der Waals surface area contributed by atoms with Gasteiger partial charge in [-0.15, -0.1) is 0 Å². The van der Waals surface area contributed by atoms with Gasteiger partial charge in [0.25, 0.3) is 5.91 Å². The summed E-state index contributed by atoms with van der Waals surface area (Å²) < 4.78 is 33.0. The number of rotatable bonds is 3. The Hall–Kier alpha value is -1.48. The lowest BCUT2D eigenvalue weighted by Gasteiger charge is -2.27. The van der Waals surface area contributed by atoms with E-state index in [4.69, 9.17) is 4.74 Å². The first-order chi connectivity index (χ1) is 12.6. The number of amides is 1. The molecule has 1 N–H and O–H groups in total. The van der Waals surface area contributed by atoms with Crippen molar-refractivity contribution in [3.8, 4) is 0 Å². The highest BCUT2D eigenvalue weighted by molar-refractivity contribution is 7.89. The van der Waals surface area contributed by atoms with Gasteiger partial charge in [-0.25, -0.2) is 8.42 Å². The lowest BCUT2D eigenvalue weighted by molar-refractivity contribution is 0.0302. The van der Waals surface area contributed by atoms with Gasteiger partial charge in [0, 0.05) is 37.8 Å². The minimum absolute atomic E-state index is 0.137. The van der Waals surface area contributed by atoms with Gasteiger partial charge in [0.15, 0.2) is 0 Å². The van der Waals surface area contributed by atoms with E-state index in [9.17, 15) is 13.2 Å². The Morgan fingerprint density at radius 2 is 2.00 bits per heavy atom. The van der Waals surface area contributed by atoms with Crippen molar-refractivity contribution in [1.82, 2.24) is 14.5 Å². The highest BCUT2D eigenvalue weighted by Gasteiger charge is 2.40. The van der Waals surface area contributed by atoms with Crippen molar-refractivity contribution in [3.05, 3.63) is 29.8 Å².